The number of ether oxygens (including phenoxy) is 1. The summed E-state index contributed by atoms with van der Waals surface area (Å²) in [4.78, 5) is 19.4. The molecule has 0 spiro atoms. The number of sulfonamides is 1. The van der Waals surface area contributed by atoms with Gasteiger partial charge in [0.1, 0.15) is 5.75 Å². The maximum Gasteiger partial charge on any atom is 0.262 e. The first kappa shape index (κ1) is 20.5. The molecule has 10 nitrogen and oxygen atoms in total. The molecule has 0 unspecified atom stereocenters. The largest absolute Gasteiger partial charge is 0.482 e. The van der Waals surface area contributed by atoms with E-state index in [-0.39, 0.29) is 29.2 Å². The molecule has 3 aromatic rings. The molecule has 5 N–H and O–H groups in total. The zero-order chi connectivity index (χ0) is 22.2. The number of anilines is 5. The van der Waals surface area contributed by atoms with Crippen LogP contribution in [0.15, 0.2) is 47.5 Å². The molecule has 4 rings (SSSR count). The van der Waals surface area contributed by atoms with Gasteiger partial charge in [-0.2, -0.15) is 4.98 Å². The fraction of sp³-hybridized carbons (Fsp3) is 0.105. The highest BCUT2D eigenvalue weighted by atomic mass is 32.2. The van der Waals surface area contributed by atoms with Gasteiger partial charge in [-0.1, -0.05) is 6.07 Å². The van der Waals surface area contributed by atoms with Crippen LogP contribution >= 0.6 is 0 Å². The molecule has 0 fully saturated rings. The summed E-state index contributed by atoms with van der Waals surface area (Å²) >= 11 is 0. The van der Waals surface area contributed by atoms with Crippen LogP contribution in [0.5, 0.6) is 5.75 Å². The predicted octanol–water partition coefficient (Wildman–Crippen LogP) is 2.39. The summed E-state index contributed by atoms with van der Waals surface area (Å²) in [7, 11) is -3.91. The lowest BCUT2D eigenvalue weighted by atomic mass is 10.2. The van der Waals surface area contributed by atoms with Crippen molar-refractivity contribution in [2.24, 2.45) is 5.14 Å². The van der Waals surface area contributed by atoms with Gasteiger partial charge in [-0.25, -0.2) is 22.9 Å². The first-order valence-corrected chi connectivity index (χ1v) is 10.5. The number of nitrogens with zero attached hydrogens (tertiary/aromatic N) is 2. The molecule has 1 amide bonds. The lowest BCUT2D eigenvalue weighted by molar-refractivity contribution is -0.118. The van der Waals surface area contributed by atoms with Crippen LogP contribution in [0.2, 0.25) is 0 Å². The number of primary sulfonamides is 1. The summed E-state index contributed by atoms with van der Waals surface area (Å²) < 4.78 is 43.0. The molecule has 160 valence electrons. The number of aryl methyl sites for hydroxylation is 1. The zero-order valence-electron chi connectivity index (χ0n) is 16.1. The van der Waals surface area contributed by atoms with Crippen molar-refractivity contribution < 1.29 is 22.3 Å². The second-order valence-corrected chi connectivity index (χ2v) is 8.24. The Morgan fingerprint density at radius 1 is 1.16 bits per heavy atom. The van der Waals surface area contributed by atoms with Crippen molar-refractivity contribution in [1.82, 2.24) is 9.97 Å². The Bertz CT molecular complexity index is 1300. The summed E-state index contributed by atoms with van der Waals surface area (Å²) in [6, 6.07) is 9.40. The molecule has 1 aliphatic heterocycles. The predicted molar refractivity (Wildman–Crippen MR) is 112 cm³/mol. The highest BCUT2D eigenvalue weighted by molar-refractivity contribution is 7.89. The van der Waals surface area contributed by atoms with Gasteiger partial charge in [0.05, 0.1) is 16.8 Å². The smallest absolute Gasteiger partial charge is 0.262 e. The number of amides is 1. The van der Waals surface area contributed by atoms with Crippen molar-refractivity contribution in [2.45, 2.75) is 11.8 Å². The molecular formula is C19H17FN6O4S. The molecular weight excluding hydrogens is 427 g/mol. The molecule has 0 bridgehead atoms. The van der Waals surface area contributed by atoms with E-state index >= 15 is 0 Å². The molecule has 0 aliphatic carbocycles. The Labute approximate surface area is 176 Å². The third-order valence-electron chi connectivity index (χ3n) is 4.37. The SMILES string of the molecule is Cc1ccc(Nc2ncc(F)c(Nc3ccc4c(c3)NC(=O)CO4)n2)cc1S(N)(=O)=O. The van der Waals surface area contributed by atoms with E-state index in [1.807, 2.05) is 0 Å². The van der Waals surface area contributed by atoms with E-state index in [2.05, 4.69) is 25.9 Å². The van der Waals surface area contributed by atoms with Crippen LogP contribution in [-0.4, -0.2) is 30.9 Å². The van der Waals surface area contributed by atoms with E-state index in [9.17, 15) is 17.6 Å². The van der Waals surface area contributed by atoms with Gasteiger partial charge >= 0.3 is 0 Å². The molecule has 0 saturated carbocycles. The highest BCUT2D eigenvalue weighted by Gasteiger charge is 2.17. The fourth-order valence-corrected chi connectivity index (χ4v) is 3.73. The van der Waals surface area contributed by atoms with Gasteiger partial charge in [-0.3, -0.25) is 4.79 Å². The lowest BCUT2D eigenvalue weighted by Crippen LogP contribution is -2.25. The molecule has 31 heavy (non-hydrogen) atoms. The van der Waals surface area contributed by atoms with Crippen LogP contribution < -0.4 is 25.8 Å². The van der Waals surface area contributed by atoms with Gasteiger partial charge in [0.15, 0.2) is 18.2 Å². The van der Waals surface area contributed by atoms with Crippen molar-refractivity contribution in [1.29, 1.82) is 0 Å². The zero-order valence-corrected chi connectivity index (χ0v) is 17.0. The number of rotatable bonds is 5. The average Bonchev–Trinajstić information content (AvgIpc) is 2.71. The maximum atomic E-state index is 14.3. The number of carbonyl (C=O) groups excluding carboxylic acids is 1. The molecule has 1 aliphatic rings. The van der Waals surface area contributed by atoms with Crippen LogP contribution in [0.1, 0.15) is 5.56 Å². The highest BCUT2D eigenvalue weighted by Crippen LogP contribution is 2.32. The Morgan fingerprint density at radius 3 is 2.68 bits per heavy atom. The Hall–Kier alpha value is -3.77. The van der Waals surface area contributed by atoms with Crippen LogP contribution in [0.4, 0.5) is 33.2 Å². The topological polar surface area (TPSA) is 148 Å². The number of hydrogen-bond donors (Lipinski definition) is 4. The van der Waals surface area contributed by atoms with Crippen molar-refractivity contribution in [3.63, 3.8) is 0 Å². The number of nitrogens with two attached hydrogens (primary N) is 1. The number of carbonyl (C=O) groups is 1. The van der Waals surface area contributed by atoms with Gasteiger partial charge < -0.3 is 20.7 Å². The number of aromatic nitrogens is 2. The normalized spacial score (nSPS) is 13.1. The van der Waals surface area contributed by atoms with E-state index in [4.69, 9.17) is 9.88 Å². The first-order chi connectivity index (χ1) is 14.7. The molecule has 0 atom stereocenters. The molecule has 0 radical (unpaired) electrons. The second kappa shape index (κ2) is 7.81. The van der Waals surface area contributed by atoms with Crippen molar-refractivity contribution in [2.75, 3.05) is 22.6 Å². The van der Waals surface area contributed by atoms with Crippen LogP contribution in [0.3, 0.4) is 0 Å². The summed E-state index contributed by atoms with van der Waals surface area (Å²) in [5.74, 6) is -0.596. The van der Waals surface area contributed by atoms with Crippen LogP contribution in [0.25, 0.3) is 0 Å². The summed E-state index contributed by atoms with van der Waals surface area (Å²) in [5, 5.41) is 13.5. The summed E-state index contributed by atoms with van der Waals surface area (Å²) in [6.07, 6.45) is 0.968. The summed E-state index contributed by atoms with van der Waals surface area (Å²) in [5.41, 5.74) is 1.75. The number of fused-ring (bicyclic) bond motifs is 1. The number of benzene rings is 2. The maximum absolute atomic E-state index is 14.3. The lowest BCUT2D eigenvalue weighted by Gasteiger charge is -2.19. The number of halogens is 1. The van der Waals surface area contributed by atoms with Gasteiger partial charge in [0.2, 0.25) is 16.0 Å². The van der Waals surface area contributed by atoms with Gasteiger partial charge in [-0.05, 0) is 42.8 Å². The van der Waals surface area contributed by atoms with E-state index in [1.165, 1.54) is 6.07 Å². The quantitative estimate of drug-likeness (QED) is 0.469. The molecule has 1 aromatic heterocycles. The van der Waals surface area contributed by atoms with E-state index in [0.29, 0.717) is 28.4 Å². The fourth-order valence-electron chi connectivity index (χ4n) is 2.93. The minimum absolute atomic E-state index is 0.0303. The second-order valence-electron chi connectivity index (χ2n) is 6.71. The summed E-state index contributed by atoms with van der Waals surface area (Å²) in [6.45, 7) is 1.55. The van der Waals surface area contributed by atoms with Crippen molar-refractivity contribution in [3.8, 4) is 5.75 Å². The third-order valence-corrected chi connectivity index (χ3v) is 5.42. The Balaban J connectivity index is 1.59. The molecule has 12 heteroatoms. The molecule has 2 aromatic carbocycles. The van der Waals surface area contributed by atoms with Gasteiger partial charge in [0, 0.05) is 11.4 Å². The number of hydrogen-bond acceptors (Lipinski definition) is 8. The minimum atomic E-state index is -3.91. The molecule has 0 saturated heterocycles. The van der Waals surface area contributed by atoms with Crippen molar-refractivity contribution in [3.05, 3.63) is 54.0 Å². The Morgan fingerprint density at radius 2 is 1.90 bits per heavy atom. The van der Waals surface area contributed by atoms with Gasteiger partial charge in [0.25, 0.3) is 5.91 Å². The molecule has 2 heterocycles. The van der Waals surface area contributed by atoms with Crippen LogP contribution in [-0.2, 0) is 14.8 Å². The van der Waals surface area contributed by atoms with E-state index in [1.54, 1.807) is 37.3 Å². The third kappa shape index (κ3) is 4.54. The first-order valence-electron chi connectivity index (χ1n) is 8.96. The Kier molecular flexibility index (Phi) is 5.17. The minimum Gasteiger partial charge on any atom is -0.482 e. The van der Waals surface area contributed by atoms with Crippen LogP contribution in [0, 0.1) is 12.7 Å². The van der Waals surface area contributed by atoms with E-state index < -0.39 is 15.8 Å². The monoisotopic (exact) mass is 444 g/mol. The van der Waals surface area contributed by atoms with Crippen molar-refractivity contribution >= 4 is 44.8 Å². The van der Waals surface area contributed by atoms with E-state index in [0.717, 1.165) is 6.20 Å². The number of nitrogens with one attached hydrogen (secondary N) is 3. The standard InChI is InChI=1S/C19H17FN6O4S/c1-10-2-3-12(7-16(10)31(21,28)29)24-19-22-8-13(20)18(26-19)23-11-4-5-15-14(6-11)25-17(27)9-30-15/h2-8H,9H2,1H3,(H,25,27)(H2,21,28,29)(H2,22,23,24,26). The average molecular weight is 444 g/mol. The van der Waals surface area contributed by atoms with Gasteiger partial charge in [-0.15, -0.1) is 0 Å².